The monoisotopic (exact) mass is 1350 g/mol. The Morgan fingerprint density at radius 1 is 0.312 bits per heavy atom. The molecule has 0 aromatic heterocycles. The van der Waals surface area contributed by atoms with E-state index in [2.05, 4.69) is 118 Å². The van der Waals surface area contributed by atoms with Crippen molar-refractivity contribution in [1.82, 2.24) is 0 Å². The van der Waals surface area contributed by atoms with Crippen LogP contribution >= 0.6 is 15.6 Å². The molecule has 0 bridgehead atoms. The number of hydrogen-bond donors (Lipinski definition) is 4. The Morgan fingerprint density at radius 3 is 0.914 bits per heavy atom. The lowest BCUT2D eigenvalue weighted by atomic mass is 10.0. The number of rotatable bonds is 69. The van der Waals surface area contributed by atoms with E-state index in [-0.39, 0.29) is 19.3 Å². The van der Waals surface area contributed by atoms with E-state index in [4.69, 9.17) is 32.3 Å². The Kier molecular flexibility index (Phi) is 65.8. The third-order valence-electron chi connectivity index (χ3n) is 15.3. The minimum atomic E-state index is -4.92. The predicted octanol–water partition coefficient (Wildman–Crippen LogP) is 20.6. The van der Waals surface area contributed by atoms with Crippen molar-refractivity contribution < 1.29 is 75.8 Å². The third-order valence-corrected chi connectivity index (χ3v) is 17.2. The molecule has 0 saturated heterocycles. The first-order valence-corrected chi connectivity index (χ1v) is 39.5. The number of aliphatic hydroxyl groups is 2. The number of carbonyl (C=O) groups is 3. The van der Waals surface area contributed by atoms with Crippen LogP contribution in [-0.2, 0) is 55.8 Å². The van der Waals surface area contributed by atoms with Gasteiger partial charge in [-0.05, 0) is 122 Å². The van der Waals surface area contributed by atoms with Crippen molar-refractivity contribution in [3.8, 4) is 0 Å². The number of ether oxygens (including phenoxy) is 3. The van der Waals surface area contributed by atoms with Crippen molar-refractivity contribution in [2.24, 2.45) is 0 Å². The minimum Gasteiger partial charge on any atom is -0.463 e. The summed E-state index contributed by atoms with van der Waals surface area (Å²) in [6.07, 6.45) is 76.2. The highest BCUT2D eigenvalue weighted by molar-refractivity contribution is 7.47. The average molecular weight is 1350 g/mol. The van der Waals surface area contributed by atoms with E-state index in [1.54, 1.807) is 0 Å². The van der Waals surface area contributed by atoms with Gasteiger partial charge < -0.3 is 34.2 Å². The van der Waals surface area contributed by atoms with Crippen molar-refractivity contribution >= 4 is 33.6 Å². The van der Waals surface area contributed by atoms with Crippen molar-refractivity contribution in [2.75, 3.05) is 39.6 Å². The molecule has 0 radical (unpaired) electrons. The van der Waals surface area contributed by atoms with E-state index < -0.39 is 91.5 Å². The number of allylic oxidation sites excluding steroid dienone is 16. The molecule has 0 aliphatic heterocycles. The van der Waals surface area contributed by atoms with Gasteiger partial charge in [0.25, 0.3) is 0 Å². The molecule has 4 N–H and O–H groups in total. The van der Waals surface area contributed by atoms with Gasteiger partial charge >= 0.3 is 33.6 Å². The van der Waals surface area contributed by atoms with Gasteiger partial charge in [-0.25, -0.2) is 9.13 Å². The van der Waals surface area contributed by atoms with Crippen LogP contribution in [0.5, 0.6) is 0 Å². The zero-order chi connectivity index (χ0) is 68.1. The Bertz CT molecular complexity index is 2080. The summed E-state index contributed by atoms with van der Waals surface area (Å²) in [6.45, 7) is 2.52. The second kappa shape index (κ2) is 68.4. The molecule has 16 nitrogen and oxygen atoms in total. The highest BCUT2D eigenvalue weighted by Crippen LogP contribution is 2.45. The fourth-order valence-electron chi connectivity index (χ4n) is 9.68. The Balaban J connectivity index is 4.39. The Labute approximate surface area is 565 Å². The average Bonchev–Trinajstić information content (AvgIpc) is 3.55. The summed E-state index contributed by atoms with van der Waals surface area (Å²) in [6, 6.07) is 0. The fraction of sp³-hybridized carbons (Fsp3) is 0.747. The number of phosphoric ester groups is 2. The van der Waals surface area contributed by atoms with Crippen LogP contribution < -0.4 is 0 Å². The Morgan fingerprint density at radius 2 is 0.570 bits per heavy atom. The quantitative estimate of drug-likeness (QED) is 0.0146. The molecular formula is C75H132O16P2. The molecule has 0 heterocycles. The van der Waals surface area contributed by atoms with Crippen LogP contribution in [0.1, 0.15) is 303 Å². The van der Waals surface area contributed by atoms with Gasteiger partial charge in [-0.1, -0.05) is 259 Å². The fourth-order valence-corrected chi connectivity index (χ4v) is 11.3. The first-order chi connectivity index (χ1) is 45.2. The van der Waals surface area contributed by atoms with Gasteiger partial charge in [0.1, 0.15) is 25.4 Å². The number of unbranched alkanes of at least 4 members (excludes halogenated alkanes) is 30. The number of aliphatic hydroxyl groups excluding tert-OH is 2. The molecule has 18 heteroatoms. The van der Waals surface area contributed by atoms with Gasteiger partial charge in [0.2, 0.25) is 0 Å². The molecule has 0 saturated carbocycles. The zero-order valence-corrected chi connectivity index (χ0v) is 60.2. The van der Waals surface area contributed by atoms with Gasteiger partial charge in [-0.3, -0.25) is 32.5 Å². The summed E-state index contributed by atoms with van der Waals surface area (Å²) in [7, 11) is -9.77. The van der Waals surface area contributed by atoms with Crippen molar-refractivity contribution in [3.63, 3.8) is 0 Å². The number of carbonyl (C=O) groups excluding carboxylic acids is 3. The summed E-state index contributed by atoms with van der Waals surface area (Å²) in [5.74, 6) is -1.59. The van der Waals surface area contributed by atoms with Gasteiger partial charge in [0, 0.05) is 19.3 Å². The zero-order valence-electron chi connectivity index (χ0n) is 58.4. The van der Waals surface area contributed by atoms with Crippen LogP contribution in [0.2, 0.25) is 0 Å². The molecule has 0 aromatic rings. The van der Waals surface area contributed by atoms with E-state index in [0.717, 1.165) is 141 Å². The summed E-state index contributed by atoms with van der Waals surface area (Å²) >= 11 is 0. The SMILES string of the molecule is CC/C=C\C/C=C\C/C=C\C/C=C\C/C=C\C/C=C\CCCCCCCCCCCCCCC(=O)OCC(O)COP(=O)(O)OCC(O)COP(=O)(O)OCC(COC(=O)CCCCCCC/C=C\CCCCCC)OC(=O)CCCCCCC/C=C\CCCCCC. The van der Waals surface area contributed by atoms with Crippen LogP contribution in [0.25, 0.3) is 0 Å². The molecule has 0 aromatic carbocycles. The van der Waals surface area contributed by atoms with Crippen LogP contribution in [-0.4, -0.2) is 95.9 Å². The highest BCUT2D eigenvalue weighted by atomic mass is 31.2. The van der Waals surface area contributed by atoms with Crippen molar-refractivity contribution in [1.29, 1.82) is 0 Å². The molecule has 0 amide bonds. The number of hydrogen-bond acceptors (Lipinski definition) is 14. The second-order valence-electron chi connectivity index (χ2n) is 24.4. The molecule has 93 heavy (non-hydrogen) atoms. The van der Waals surface area contributed by atoms with Crippen molar-refractivity contribution in [2.45, 2.75) is 322 Å². The molecule has 0 fully saturated rings. The molecule has 0 rings (SSSR count). The number of esters is 3. The van der Waals surface area contributed by atoms with E-state index >= 15 is 0 Å². The molecule has 5 atom stereocenters. The first kappa shape index (κ1) is 89.5. The van der Waals surface area contributed by atoms with E-state index in [1.807, 2.05) is 0 Å². The first-order valence-electron chi connectivity index (χ1n) is 36.5. The van der Waals surface area contributed by atoms with Gasteiger partial charge in [-0.2, -0.15) is 0 Å². The summed E-state index contributed by atoms with van der Waals surface area (Å²) < 4.78 is 60.9. The molecule has 538 valence electrons. The Hall–Kier alpha value is -3.53. The lowest BCUT2D eigenvalue weighted by molar-refractivity contribution is -0.161. The van der Waals surface area contributed by atoms with Crippen LogP contribution in [0, 0.1) is 0 Å². The summed E-state index contributed by atoms with van der Waals surface area (Å²) in [5.41, 5.74) is 0. The topological polar surface area (TPSA) is 231 Å². The molecule has 0 aliphatic carbocycles. The number of phosphoric acid groups is 2. The van der Waals surface area contributed by atoms with Crippen LogP contribution in [0.15, 0.2) is 97.2 Å². The highest BCUT2D eigenvalue weighted by Gasteiger charge is 2.29. The standard InChI is InChI=1S/C75H132O16P2/c1-4-7-10-13-16-19-22-25-26-27-28-29-30-31-32-33-34-35-36-37-38-39-40-41-42-45-47-49-52-55-58-61-73(78)85-64-70(76)65-87-92(81,82)88-66-71(77)67-89-93(83,84)90-69-72(91-75(80)63-60-57-54-51-48-44-24-21-18-15-12-9-6-3)68-86-74(79)62-59-56-53-50-46-43-23-20-17-14-11-8-5-2/h7,10,16,19-21,23-26,28-29,31-32,34-35,70-72,76-77H,4-6,8-9,11-15,17-18,22,27,30,33,36-69H2,1-3H3,(H,81,82)(H,83,84)/b10-7-,19-16-,23-20-,24-21-,26-25-,29-28-,32-31-,35-34-. The van der Waals surface area contributed by atoms with Crippen LogP contribution in [0.3, 0.4) is 0 Å². The lowest BCUT2D eigenvalue weighted by Crippen LogP contribution is -2.30. The third kappa shape index (κ3) is 69.6. The maximum Gasteiger partial charge on any atom is 0.472 e. The van der Waals surface area contributed by atoms with E-state index in [9.17, 15) is 43.5 Å². The van der Waals surface area contributed by atoms with Crippen LogP contribution in [0.4, 0.5) is 0 Å². The van der Waals surface area contributed by atoms with Gasteiger partial charge in [0.15, 0.2) is 6.10 Å². The second-order valence-corrected chi connectivity index (χ2v) is 27.3. The normalized spacial score (nSPS) is 14.7. The smallest absolute Gasteiger partial charge is 0.463 e. The summed E-state index contributed by atoms with van der Waals surface area (Å²) in [5, 5.41) is 20.6. The van der Waals surface area contributed by atoms with Gasteiger partial charge in [-0.15, -0.1) is 0 Å². The maximum absolute atomic E-state index is 12.9. The largest absolute Gasteiger partial charge is 0.472 e. The summed E-state index contributed by atoms with van der Waals surface area (Å²) in [4.78, 5) is 58.3. The molecule has 0 aliphatic rings. The molecular weight excluding hydrogens is 1220 g/mol. The van der Waals surface area contributed by atoms with E-state index in [0.29, 0.717) is 19.3 Å². The lowest BCUT2D eigenvalue weighted by Gasteiger charge is -2.21. The molecule has 5 unspecified atom stereocenters. The van der Waals surface area contributed by atoms with Crippen molar-refractivity contribution in [3.05, 3.63) is 97.2 Å². The van der Waals surface area contributed by atoms with E-state index in [1.165, 1.54) is 103 Å². The molecule has 0 spiro atoms. The minimum absolute atomic E-state index is 0.0946. The maximum atomic E-state index is 12.9. The predicted molar refractivity (Wildman–Crippen MR) is 381 cm³/mol. The van der Waals surface area contributed by atoms with Gasteiger partial charge in [0.05, 0.1) is 26.4 Å².